The van der Waals surface area contributed by atoms with E-state index in [0.717, 1.165) is 5.75 Å². The Bertz CT molecular complexity index is 130. The van der Waals surface area contributed by atoms with E-state index >= 15 is 0 Å². The Labute approximate surface area is 70.7 Å². The SMILES string of the molecule is CSCC[C@@H](C(=O)O)N(C)N. The fourth-order valence-corrected chi connectivity index (χ4v) is 1.19. The second-order valence-corrected chi connectivity index (χ2v) is 3.29. The van der Waals surface area contributed by atoms with Gasteiger partial charge in [0.25, 0.3) is 0 Å². The second-order valence-electron chi connectivity index (χ2n) is 2.30. The van der Waals surface area contributed by atoms with E-state index in [1.807, 2.05) is 6.26 Å². The average Bonchev–Trinajstić information content (AvgIpc) is 1.87. The first-order valence-electron chi connectivity index (χ1n) is 3.29. The van der Waals surface area contributed by atoms with E-state index in [4.69, 9.17) is 10.9 Å². The standard InChI is InChI=1S/C6H14N2O2S/c1-8(7)5(6(9)10)3-4-11-2/h5H,3-4,7H2,1-2H3,(H,9,10)/t5-/m0/s1. The maximum absolute atomic E-state index is 10.5. The van der Waals surface area contributed by atoms with Gasteiger partial charge in [-0.2, -0.15) is 11.8 Å². The molecule has 0 radical (unpaired) electrons. The summed E-state index contributed by atoms with van der Waals surface area (Å²) in [4.78, 5) is 10.5. The molecule has 0 aliphatic carbocycles. The van der Waals surface area contributed by atoms with Crippen molar-refractivity contribution >= 4 is 17.7 Å². The van der Waals surface area contributed by atoms with Gasteiger partial charge in [-0.25, -0.2) is 5.01 Å². The van der Waals surface area contributed by atoms with E-state index in [1.54, 1.807) is 18.8 Å². The summed E-state index contributed by atoms with van der Waals surface area (Å²) in [7, 11) is 1.57. The molecule has 0 unspecified atom stereocenters. The number of aliphatic carboxylic acids is 1. The van der Waals surface area contributed by atoms with E-state index in [2.05, 4.69) is 0 Å². The lowest BCUT2D eigenvalue weighted by atomic mass is 10.2. The largest absolute Gasteiger partial charge is 0.480 e. The zero-order chi connectivity index (χ0) is 8.85. The third kappa shape index (κ3) is 4.23. The number of hydrogen-bond donors (Lipinski definition) is 2. The summed E-state index contributed by atoms with van der Waals surface area (Å²) < 4.78 is 0. The molecule has 0 aromatic carbocycles. The van der Waals surface area contributed by atoms with Crippen molar-refractivity contribution in [1.82, 2.24) is 5.01 Å². The number of carboxylic acids is 1. The van der Waals surface area contributed by atoms with Crippen molar-refractivity contribution < 1.29 is 9.90 Å². The summed E-state index contributed by atoms with van der Waals surface area (Å²) in [5.74, 6) is 5.28. The number of carboxylic acid groups (broad SMARTS) is 1. The molecule has 3 N–H and O–H groups in total. The van der Waals surface area contributed by atoms with Crippen LogP contribution in [0, 0.1) is 0 Å². The molecular formula is C6H14N2O2S. The van der Waals surface area contributed by atoms with Crippen molar-refractivity contribution in [2.75, 3.05) is 19.1 Å². The number of nitrogens with zero attached hydrogens (tertiary/aromatic N) is 1. The number of thioether (sulfide) groups is 1. The maximum Gasteiger partial charge on any atom is 0.322 e. The summed E-state index contributed by atoms with van der Waals surface area (Å²) >= 11 is 1.62. The lowest BCUT2D eigenvalue weighted by Crippen LogP contribution is -2.43. The number of likely N-dealkylation sites (N-methyl/N-ethyl adjacent to an activating group) is 1. The summed E-state index contributed by atoms with van der Waals surface area (Å²) in [5, 5.41) is 9.87. The molecule has 4 nitrogen and oxygen atoms in total. The molecule has 5 heteroatoms. The molecule has 11 heavy (non-hydrogen) atoms. The second kappa shape index (κ2) is 5.40. The van der Waals surface area contributed by atoms with Crippen LogP contribution in [-0.2, 0) is 4.79 Å². The lowest BCUT2D eigenvalue weighted by molar-refractivity contribution is -0.142. The van der Waals surface area contributed by atoms with Crippen LogP contribution < -0.4 is 5.84 Å². The van der Waals surface area contributed by atoms with Crippen LogP contribution in [0.4, 0.5) is 0 Å². The van der Waals surface area contributed by atoms with Crippen LogP contribution in [0.15, 0.2) is 0 Å². The monoisotopic (exact) mass is 178 g/mol. The molecular weight excluding hydrogens is 164 g/mol. The van der Waals surface area contributed by atoms with Crippen molar-refractivity contribution in [2.45, 2.75) is 12.5 Å². The van der Waals surface area contributed by atoms with E-state index in [0.29, 0.717) is 6.42 Å². The predicted molar refractivity (Wildman–Crippen MR) is 46.4 cm³/mol. The fraction of sp³-hybridized carbons (Fsp3) is 0.833. The highest BCUT2D eigenvalue weighted by atomic mass is 32.2. The summed E-state index contributed by atoms with van der Waals surface area (Å²) in [5.41, 5.74) is 0. The molecule has 0 amide bonds. The summed E-state index contributed by atoms with van der Waals surface area (Å²) in [6, 6.07) is -0.553. The molecule has 66 valence electrons. The fourth-order valence-electron chi connectivity index (χ4n) is 0.731. The first-order chi connectivity index (χ1) is 5.09. The Balaban J connectivity index is 3.80. The first-order valence-corrected chi connectivity index (χ1v) is 4.68. The smallest absolute Gasteiger partial charge is 0.322 e. The highest BCUT2D eigenvalue weighted by Crippen LogP contribution is 2.03. The van der Waals surface area contributed by atoms with Gasteiger partial charge in [0, 0.05) is 7.05 Å². The topological polar surface area (TPSA) is 66.6 Å². The molecule has 0 aromatic rings. The molecule has 0 bridgehead atoms. The van der Waals surface area contributed by atoms with Crippen LogP contribution in [0.25, 0.3) is 0 Å². The van der Waals surface area contributed by atoms with Crippen LogP contribution in [0.2, 0.25) is 0 Å². The number of hydrogen-bond acceptors (Lipinski definition) is 4. The van der Waals surface area contributed by atoms with Crippen LogP contribution >= 0.6 is 11.8 Å². The van der Waals surface area contributed by atoms with Gasteiger partial charge in [0.05, 0.1) is 0 Å². The van der Waals surface area contributed by atoms with E-state index < -0.39 is 12.0 Å². The normalized spacial score (nSPS) is 13.5. The minimum absolute atomic E-state index is 0.553. The Morgan fingerprint density at radius 3 is 2.64 bits per heavy atom. The molecule has 0 fully saturated rings. The first kappa shape index (κ1) is 10.7. The highest BCUT2D eigenvalue weighted by molar-refractivity contribution is 7.98. The van der Waals surface area contributed by atoms with Crippen molar-refractivity contribution in [3.8, 4) is 0 Å². The van der Waals surface area contributed by atoms with E-state index in [-0.39, 0.29) is 0 Å². The molecule has 0 saturated carbocycles. The van der Waals surface area contributed by atoms with Crippen molar-refractivity contribution in [1.29, 1.82) is 0 Å². The minimum Gasteiger partial charge on any atom is -0.480 e. The minimum atomic E-state index is -0.857. The zero-order valence-corrected chi connectivity index (χ0v) is 7.60. The molecule has 0 aromatic heterocycles. The number of carbonyl (C=O) groups is 1. The molecule has 0 aliphatic heterocycles. The van der Waals surface area contributed by atoms with Crippen LogP contribution in [0.3, 0.4) is 0 Å². The number of rotatable bonds is 5. The van der Waals surface area contributed by atoms with Gasteiger partial charge in [-0.1, -0.05) is 0 Å². The predicted octanol–water partition coefficient (Wildman–Crippen LogP) is -0.00180. The Kier molecular flexibility index (Phi) is 5.27. The quantitative estimate of drug-likeness (QED) is 0.458. The average molecular weight is 178 g/mol. The van der Waals surface area contributed by atoms with Crippen LogP contribution in [0.5, 0.6) is 0 Å². The Morgan fingerprint density at radius 2 is 2.36 bits per heavy atom. The van der Waals surface area contributed by atoms with Gasteiger partial charge in [-0.15, -0.1) is 0 Å². The highest BCUT2D eigenvalue weighted by Gasteiger charge is 2.18. The van der Waals surface area contributed by atoms with E-state index in [9.17, 15) is 4.79 Å². The van der Waals surface area contributed by atoms with Gasteiger partial charge in [0.2, 0.25) is 0 Å². The van der Waals surface area contributed by atoms with Gasteiger partial charge in [0.1, 0.15) is 6.04 Å². The maximum atomic E-state index is 10.5. The van der Waals surface area contributed by atoms with Crippen LogP contribution in [-0.4, -0.2) is 41.2 Å². The van der Waals surface area contributed by atoms with Gasteiger partial charge in [-0.3, -0.25) is 10.6 Å². The molecule has 0 heterocycles. The summed E-state index contributed by atoms with van der Waals surface area (Å²) in [6.45, 7) is 0. The Hall–Kier alpha value is -0.260. The van der Waals surface area contributed by atoms with Gasteiger partial charge >= 0.3 is 5.97 Å². The molecule has 0 spiro atoms. The van der Waals surface area contributed by atoms with Crippen molar-refractivity contribution in [3.63, 3.8) is 0 Å². The third-order valence-electron chi connectivity index (χ3n) is 1.37. The zero-order valence-electron chi connectivity index (χ0n) is 6.78. The molecule has 0 rings (SSSR count). The van der Waals surface area contributed by atoms with E-state index in [1.165, 1.54) is 5.01 Å². The summed E-state index contributed by atoms with van der Waals surface area (Å²) in [6.07, 6.45) is 2.53. The third-order valence-corrected chi connectivity index (χ3v) is 2.02. The lowest BCUT2D eigenvalue weighted by Gasteiger charge is -2.18. The van der Waals surface area contributed by atoms with Gasteiger partial charge in [0.15, 0.2) is 0 Å². The van der Waals surface area contributed by atoms with Crippen molar-refractivity contribution in [2.24, 2.45) is 5.84 Å². The number of nitrogens with two attached hydrogens (primary N) is 1. The van der Waals surface area contributed by atoms with Crippen molar-refractivity contribution in [3.05, 3.63) is 0 Å². The van der Waals surface area contributed by atoms with Gasteiger partial charge in [-0.05, 0) is 18.4 Å². The molecule has 0 aliphatic rings. The molecule has 1 atom stereocenters. The van der Waals surface area contributed by atoms with Gasteiger partial charge < -0.3 is 5.11 Å². The van der Waals surface area contributed by atoms with Crippen LogP contribution in [0.1, 0.15) is 6.42 Å². The Morgan fingerprint density at radius 1 is 1.82 bits per heavy atom. The molecule has 0 saturated heterocycles. The number of hydrazine groups is 1.